The summed E-state index contributed by atoms with van der Waals surface area (Å²) in [4.78, 5) is 5.01. The molecule has 1 heterocycles. The first-order valence-electron chi connectivity index (χ1n) is 3.14. The van der Waals surface area contributed by atoms with Crippen molar-refractivity contribution >= 4 is 17.1 Å². The molecule has 0 atom stereocenters. The average Bonchev–Trinajstić information content (AvgIpc) is 1.88. The summed E-state index contributed by atoms with van der Waals surface area (Å²) in [6, 6.07) is 3.95. The van der Waals surface area contributed by atoms with Gasteiger partial charge in [-0.15, -0.1) is 0 Å². The van der Waals surface area contributed by atoms with Crippen LogP contribution in [0.2, 0.25) is 0 Å². The van der Waals surface area contributed by atoms with Crippen molar-refractivity contribution in [3.8, 4) is 0 Å². The summed E-state index contributed by atoms with van der Waals surface area (Å²) >= 11 is 4.97. The monoisotopic (exact) mass is 151 g/mol. The van der Waals surface area contributed by atoms with E-state index < -0.39 is 0 Å². The third kappa shape index (κ3) is 1.61. The lowest BCUT2D eigenvalue weighted by molar-refractivity contribution is 1.20. The molecule has 0 spiro atoms. The van der Waals surface area contributed by atoms with Gasteiger partial charge in [0.2, 0.25) is 0 Å². The molecule has 0 radical (unpaired) electrons. The van der Waals surface area contributed by atoms with Crippen LogP contribution in [-0.4, -0.2) is 9.85 Å². The van der Waals surface area contributed by atoms with Crippen LogP contribution in [-0.2, 0) is 0 Å². The summed E-state index contributed by atoms with van der Waals surface area (Å²) in [5.41, 5.74) is 2.07. The molecule has 1 aromatic heterocycles. The van der Waals surface area contributed by atoms with Crippen LogP contribution in [0, 0.1) is 6.92 Å². The Labute approximate surface area is 66.1 Å². The Morgan fingerprint density at radius 1 is 1.50 bits per heavy atom. The molecule has 0 bridgehead atoms. The van der Waals surface area contributed by atoms with E-state index in [9.17, 15) is 0 Å². The molecule has 0 aliphatic heterocycles. The van der Waals surface area contributed by atoms with E-state index in [1.54, 1.807) is 6.20 Å². The Kier molecular flexibility index (Phi) is 2.12. The molecule has 0 aromatic carbocycles. The van der Waals surface area contributed by atoms with Crippen LogP contribution in [0.25, 0.3) is 0 Å². The van der Waals surface area contributed by atoms with E-state index >= 15 is 0 Å². The lowest BCUT2D eigenvalue weighted by atomic mass is 10.2. The smallest absolute Gasteiger partial charge is 0.0373 e. The minimum atomic E-state index is 0.896. The molecule has 52 valence electrons. The largest absolute Gasteiger partial charge is 0.261 e. The third-order valence-corrected chi connectivity index (χ3v) is 1.55. The zero-order valence-corrected chi connectivity index (χ0v) is 6.90. The fraction of sp³-hybridized carbons (Fsp3) is 0.250. The van der Waals surface area contributed by atoms with Gasteiger partial charge in [0.1, 0.15) is 0 Å². The highest BCUT2D eigenvalue weighted by atomic mass is 32.1. The van der Waals surface area contributed by atoms with Gasteiger partial charge in [-0.1, -0.05) is 18.3 Å². The van der Waals surface area contributed by atoms with E-state index in [1.165, 1.54) is 0 Å². The zero-order valence-electron chi connectivity index (χ0n) is 6.09. The quantitative estimate of drug-likeness (QED) is 0.450. The third-order valence-electron chi connectivity index (χ3n) is 1.32. The molecule has 0 saturated heterocycles. The molecule has 0 saturated carbocycles. The summed E-state index contributed by atoms with van der Waals surface area (Å²) < 4.78 is 0. The first-order chi connectivity index (χ1) is 4.70. The number of pyridine rings is 1. The van der Waals surface area contributed by atoms with Crippen molar-refractivity contribution in [3.05, 3.63) is 29.6 Å². The van der Waals surface area contributed by atoms with Crippen molar-refractivity contribution in [2.45, 2.75) is 13.8 Å². The van der Waals surface area contributed by atoms with Gasteiger partial charge in [0, 0.05) is 22.3 Å². The summed E-state index contributed by atoms with van der Waals surface area (Å²) in [6.45, 7) is 3.87. The zero-order chi connectivity index (χ0) is 7.56. The van der Waals surface area contributed by atoms with E-state index in [2.05, 4.69) is 4.98 Å². The van der Waals surface area contributed by atoms with E-state index in [0.717, 1.165) is 16.1 Å². The van der Waals surface area contributed by atoms with Gasteiger partial charge in [-0.2, -0.15) is 0 Å². The van der Waals surface area contributed by atoms with Gasteiger partial charge >= 0.3 is 0 Å². The summed E-state index contributed by atoms with van der Waals surface area (Å²) in [6.07, 6.45) is 1.80. The highest BCUT2D eigenvalue weighted by Crippen LogP contribution is 2.00. The molecular formula is C8H9NS. The second kappa shape index (κ2) is 2.88. The number of hydrogen-bond donors (Lipinski definition) is 0. The Bertz CT molecular complexity index is 238. The Morgan fingerprint density at radius 2 is 2.20 bits per heavy atom. The van der Waals surface area contributed by atoms with Crippen LogP contribution in [0.4, 0.5) is 0 Å². The normalized spacial score (nSPS) is 9.40. The molecule has 1 aromatic rings. The van der Waals surface area contributed by atoms with Crippen molar-refractivity contribution in [3.63, 3.8) is 0 Å². The predicted molar refractivity (Wildman–Crippen MR) is 46.3 cm³/mol. The second-order valence-corrected chi connectivity index (χ2v) is 2.86. The maximum atomic E-state index is 4.97. The van der Waals surface area contributed by atoms with Gasteiger partial charge < -0.3 is 0 Å². The van der Waals surface area contributed by atoms with Crippen molar-refractivity contribution in [2.75, 3.05) is 0 Å². The topological polar surface area (TPSA) is 12.9 Å². The second-order valence-electron chi connectivity index (χ2n) is 2.24. The minimum absolute atomic E-state index is 0.896. The average molecular weight is 151 g/mol. The van der Waals surface area contributed by atoms with Crippen LogP contribution < -0.4 is 0 Å². The molecule has 0 aliphatic rings. The predicted octanol–water partition coefficient (Wildman–Crippen LogP) is 2.13. The number of aromatic nitrogens is 1. The molecule has 0 amide bonds. The lowest BCUT2D eigenvalue weighted by Gasteiger charge is -1.95. The van der Waals surface area contributed by atoms with Gasteiger partial charge in [0.25, 0.3) is 0 Å². The molecule has 0 unspecified atom stereocenters. The molecule has 2 heteroatoms. The fourth-order valence-corrected chi connectivity index (χ4v) is 0.797. The van der Waals surface area contributed by atoms with E-state index in [-0.39, 0.29) is 0 Å². The number of rotatable bonds is 1. The van der Waals surface area contributed by atoms with Gasteiger partial charge in [-0.3, -0.25) is 4.98 Å². The van der Waals surface area contributed by atoms with Gasteiger partial charge in [-0.05, 0) is 19.9 Å². The van der Waals surface area contributed by atoms with E-state index in [1.807, 2.05) is 26.0 Å². The summed E-state index contributed by atoms with van der Waals surface area (Å²) in [5, 5.41) is 0. The van der Waals surface area contributed by atoms with Crippen LogP contribution in [0.3, 0.4) is 0 Å². The number of hydrogen-bond acceptors (Lipinski definition) is 2. The van der Waals surface area contributed by atoms with Crippen molar-refractivity contribution in [1.29, 1.82) is 0 Å². The first kappa shape index (κ1) is 7.35. The van der Waals surface area contributed by atoms with Crippen molar-refractivity contribution < 1.29 is 0 Å². The van der Waals surface area contributed by atoms with E-state index in [0.29, 0.717) is 0 Å². The van der Waals surface area contributed by atoms with Crippen molar-refractivity contribution in [2.24, 2.45) is 0 Å². The Morgan fingerprint density at radius 3 is 2.60 bits per heavy atom. The number of aryl methyl sites for hydroxylation is 1. The SMILES string of the molecule is CC(=S)c1ccc(C)nc1. The summed E-state index contributed by atoms with van der Waals surface area (Å²) in [7, 11) is 0. The van der Waals surface area contributed by atoms with Crippen molar-refractivity contribution in [1.82, 2.24) is 4.98 Å². The fourth-order valence-electron chi connectivity index (χ4n) is 0.676. The van der Waals surface area contributed by atoms with Crippen LogP contribution >= 0.6 is 12.2 Å². The maximum Gasteiger partial charge on any atom is 0.0373 e. The van der Waals surface area contributed by atoms with Gasteiger partial charge in [0.05, 0.1) is 0 Å². The molecule has 0 aliphatic carbocycles. The van der Waals surface area contributed by atoms with Crippen LogP contribution in [0.5, 0.6) is 0 Å². The highest BCUT2D eigenvalue weighted by molar-refractivity contribution is 7.80. The Balaban J connectivity index is 3.00. The number of nitrogens with zero attached hydrogens (tertiary/aromatic N) is 1. The molecule has 0 N–H and O–H groups in total. The van der Waals surface area contributed by atoms with Gasteiger partial charge in [0.15, 0.2) is 0 Å². The van der Waals surface area contributed by atoms with Gasteiger partial charge in [-0.25, -0.2) is 0 Å². The summed E-state index contributed by atoms with van der Waals surface area (Å²) in [5.74, 6) is 0. The standard InChI is InChI=1S/C8H9NS/c1-6-3-4-8(5-9-6)7(2)10/h3-5H,1-2H3. The maximum absolute atomic E-state index is 4.97. The number of thiocarbonyl (C=S) groups is 1. The van der Waals surface area contributed by atoms with E-state index in [4.69, 9.17) is 12.2 Å². The molecule has 1 rings (SSSR count). The van der Waals surface area contributed by atoms with Crippen LogP contribution in [0.15, 0.2) is 18.3 Å². The highest BCUT2D eigenvalue weighted by Gasteiger charge is 1.92. The lowest BCUT2D eigenvalue weighted by Crippen LogP contribution is -1.91. The molecule has 1 nitrogen and oxygen atoms in total. The molecule has 0 fully saturated rings. The molecular weight excluding hydrogens is 142 g/mol. The molecule has 10 heavy (non-hydrogen) atoms. The first-order valence-corrected chi connectivity index (χ1v) is 3.54. The minimum Gasteiger partial charge on any atom is -0.261 e. The van der Waals surface area contributed by atoms with Crippen LogP contribution in [0.1, 0.15) is 18.2 Å². The Hall–Kier alpha value is -0.760.